The fourth-order valence-corrected chi connectivity index (χ4v) is 1.11. The van der Waals surface area contributed by atoms with Crippen molar-refractivity contribution in [3.63, 3.8) is 0 Å². The van der Waals surface area contributed by atoms with Crippen molar-refractivity contribution in [2.45, 2.75) is 45.0 Å². The number of hydrogen-bond acceptors (Lipinski definition) is 3. The molecule has 0 unspecified atom stereocenters. The number of hydrogen-bond donors (Lipinski definition) is 2. The van der Waals surface area contributed by atoms with E-state index in [1.807, 2.05) is 0 Å². The Hall–Kier alpha value is -1.30. The minimum Gasteiger partial charge on any atom is -0.388 e. The topological polar surface area (TPSA) is 45.1 Å². The Bertz CT molecular complexity index is 405. The fraction of sp³-hybridized carbons (Fsp3) is 0.583. The van der Waals surface area contributed by atoms with Gasteiger partial charge in [-0.3, -0.25) is 0 Å². The molecular formula is C12H17F3N2O. The van der Waals surface area contributed by atoms with Gasteiger partial charge in [-0.05, 0) is 39.8 Å². The van der Waals surface area contributed by atoms with Gasteiger partial charge in [0.1, 0.15) is 5.82 Å². The number of halogens is 3. The van der Waals surface area contributed by atoms with Gasteiger partial charge >= 0.3 is 6.18 Å². The number of aliphatic hydroxyl groups is 1. The van der Waals surface area contributed by atoms with Crippen LogP contribution in [0.5, 0.6) is 0 Å². The van der Waals surface area contributed by atoms with Crippen molar-refractivity contribution >= 4 is 5.82 Å². The highest BCUT2D eigenvalue weighted by atomic mass is 19.4. The van der Waals surface area contributed by atoms with Crippen molar-refractivity contribution in [2.75, 3.05) is 5.32 Å². The lowest BCUT2D eigenvalue weighted by atomic mass is 9.86. The zero-order valence-electron chi connectivity index (χ0n) is 10.8. The lowest BCUT2D eigenvalue weighted by Crippen LogP contribution is -2.51. The highest BCUT2D eigenvalue weighted by Crippen LogP contribution is 2.30. The molecule has 0 saturated heterocycles. The van der Waals surface area contributed by atoms with Crippen LogP contribution in [0.4, 0.5) is 19.0 Å². The zero-order chi connectivity index (χ0) is 14.2. The average molecular weight is 262 g/mol. The fourth-order valence-electron chi connectivity index (χ4n) is 1.11. The molecule has 102 valence electrons. The van der Waals surface area contributed by atoms with Crippen LogP contribution in [0.15, 0.2) is 18.3 Å². The summed E-state index contributed by atoms with van der Waals surface area (Å²) in [7, 11) is 0. The van der Waals surface area contributed by atoms with E-state index in [-0.39, 0.29) is 5.82 Å². The number of nitrogens with one attached hydrogen (secondary N) is 1. The summed E-state index contributed by atoms with van der Waals surface area (Å²) in [4.78, 5) is 3.70. The number of anilines is 1. The van der Waals surface area contributed by atoms with Crippen LogP contribution in [0.25, 0.3) is 0 Å². The van der Waals surface area contributed by atoms with Crippen molar-refractivity contribution in [1.29, 1.82) is 0 Å². The van der Waals surface area contributed by atoms with E-state index in [1.165, 1.54) is 6.07 Å². The normalized spacial score (nSPS) is 13.6. The van der Waals surface area contributed by atoms with Gasteiger partial charge in [-0.15, -0.1) is 0 Å². The number of pyridine rings is 1. The summed E-state index contributed by atoms with van der Waals surface area (Å²) < 4.78 is 37.0. The van der Waals surface area contributed by atoms with E-state index < -0.39 is 22.9 Å². The molecule has 0 aromatic carbocycles. The van der Waals surface area contributed by atoms with E-state index in [9.17, 15) is 18.3 Å². The molecule has 18 heavy (non-hydrogen) atoms. The highest BCUT2D eigenvalue weighted by Gasteiger charge is 2.35. The molecule has 1 rings (SSSR count). The van der Waals surface area contributed by atoms with E-state index in [1.54, 1.807) is 27.7 Å². The monoisotopic (exact) mass is 262 g/mol. The van der Waals surface area contributed by atoms with Crippen LogP contribution in [0.1, 0.15) is 33.3 Å². The lowest BCUT2D eigenvalue weighted by Gasteiger charge is -2.38. The minimum absolute atomic E-state index is 0.287. The largest absolute Gasteiger partial charge is 0.417 e. The second-order valence-corrected chi connectivity index (χ2v) is 5.24. The number of nitrogens with zero attached hydrogens (tertiary/aromatic N) is 1. The maximum absolute atomic E-state index is 12.3. The molecule has 0 aliphatic rings. The smallest absolute Gasteiger partial charge is 0.388 e. The maximum Gasteiger partial charge on any atom is 0.417 e. The molecule has 0 aliphatic carbocycles. The van der Waals surface area contributed by atoms with Gasteiger partial charge in [0, 0.05) is 6.20 Å². The quantitative estimate of drug-likeness (QED) is 0.880. The summed E-state index contributed by atoms with van der Waals surface area (Å²) >= 11 is 0. The first-order valence-electron chi connectivity index (χ1n) is 5.47. The number of aromatic nitrogens is 1. The Morgan fingerprint density at radius 3 is 2.00 bits per heavy atom. The van der Waals surface area contributed by atoms with Crippen LogP contribution in [0, 0.1) is 0 Å². The first kappa shape index (κ1) is 14.8. The van der Waals surface area contributed by atoms with Crippen molar-refractivity contribution in [2.24, 2.45) is 0 Å². The molecule has 3 nitrogen and oxygen atoms in total. The Labute approximate surface area is 104 Å². The van der Waals surface area contributed by atoms with Crippen LogP contribution in [-0.4, -0.2) is 21.2 Å². The van der Waals surface area contributed by atoms with Gasteiger partial charge in [0.15, 0.2) is 0 Å². The molecule has 0 fully saturated rings. The van der Waals surface area contributed by atoms with Crippen molar-refractivity contribution in [3.05, 3.63) is 23.9 Å². The Balaban J connectivity index is 2.89. The van der Waals surface area contributed by atoms with Crippen LogP contribution in [0.3, 0.4) is 0 Å². The Morgan fingerprint density at radius 2 is 1.67 bits per heavy atom. The summed E-state index contributed by atoms with van der Waals surface area (Å²) in [6, 6.07) is 2.20. The molecule has 6 heteroatoms. The predicted octanol–water partition coefficient (Wildman–Crippen LogP) is 3.06. The molecule has 0 spiro atoms. The van der Waals surface area contributed by atoms with Crippen molar-refractivity contribution in [1.82, 2.24) is 4.98 Å². The van der Waals surface area contributed by atoms with Gasteiger partial charge in [0.25, 0.3) is 0 Å². The minimum atomic E-state index is -4.39. The van der Waals surface area contributed by atoms with Crippen molar-refractivity contribution < 1.29 is 18.3 Å². The molecule has 0 saturated carbocycles. The van der Waals surface area contributed by atoms with Gasteiger partial charge < -0.3 is 10.4 Å². The first-order chi connectivity index (χ1) is 7.93. The standard InChI is InChI=1S/C12H17F3N2O/c1-10(2,11(3,4)18)17-9-6-5-8(7-16-9)12(13,14)15/h5-7,18H,1-4H3,(H,16,17). The second-order valence-electron chi connectivity index (χ2n) is 5.24. The lowest BCUT2D eigenvalue weighted by molar-refractivity contribution is -0.137. The first-order valence-corrected chi connectivity index (χ1v) is 5.47. The third-order valence-corrected chi connectivity index (χ3v) is 3.06. The summed E-state index contributed by atoms with van der Waals surface area (Å²) in [6.45, 7) is 6.72. The van der Waals surface area contributed by atoms with Crippen LogP contribution >= 0.6 is 0 Å². The van der Waals surface area contributed by atoms with Gasteiger partial charge in [-0.1, -0.05) is 0 Å². The average Bonchev–Trinajstić information content (AvgIpc) is 2.14. The van der Waals surface area contributed by atoms with E-state index >= 15 is 0 Å². The number of rotatable bonds is 3. The molecule has 1 aromatic rings. The summed E-state index contributed by atoms with van der Waals surface area (Å²) in [5.41, 5.74) is -2.56. The molecule has 0 aliphatic heterocycles. The SMILES string of the molecule is CC(C)(O)C(C)(C)Nc1ccc(C(F)(F)F)cn1. The second kappa shape index (κ2) is 4.42. The summed E-state index contributed by atoms with van der Waals surface area (Å²) in [6.07, 6.45) is -3.62. The van der Waals surface area contributed by atoms with Gasteiger partial charge in [-0.25, -0.2) is 4.98 Å². The highest BCUT2D eigenvalue weighted by molar-refractivity contribution is 5.39. The molecule has 0 bridgehead atoms. The third kappa shape index (κ3) is 3.35. The zero-order valence-corrected chi connectivity index (χ0v) is 10.8. The maximum atomic E-state index is 12.3. The summed E-state index contributed by atoms with van der Waals surface area (Å²) in [5.74, 6) is 0.287. The Morgan fingerprint density at radius 1 is 1.11 bits per heavy atom. The molecular weight excluding hydrogens is 245 g/mol. The molecule has 0 amide bonds. The molecule has 1 aromatic heterocycles. The summed E-state index contributed by atoms with van der Waals surface area (Å²) in [5, 5.41) is 12.8. The van der Waals surface area contributed by atoms with Gasteiger partial charge in [0.2, 0.25) is 0 Å². The molecule has 1 heterocycles. The van der Waals surface area contributed by atoms with Gasteiger partial charge in [-0.2, -0.15) is 13.2 Å². The van der Waals surface area contributed by atoms with Gasteiger partial charge in [0.05, 0.1) is 16.7 Å². The van der Waals surface area contributed by atoms with E-state index in [2.05, 4.69) is 10.3 Å². The van der Waals surface area contributed by atoms with E-state index in [0.29, 0.717) is 0 Å². The van der Waals surface area contributed by atoms with Crippen molar-refractivity contribution in [3.8, 4) is 0 Å². The third-order valence-electron chi connectivity index (χ3n) is 3.06. The molecule has 0 radical (unpaired) electrons. The Kier molecular flexibility index (Phi) is 3.63. The van der Waals surface area contributed by atoms with Crippen LogP contribution in [-0.2, 0) is 6.18 Å². The van der Waals surface area contributed by atoms with Crippen LogP contribution < -0.4 is 5.32 Å². The predicted molar refractivity (Wildman–Crippen MR) is 63.2 cm³/mol. The van der Waals surface area contributed by atoms with Crippen LogP contribution in [0.2, 0.25) is 0 Å². The number of alkyl halides is 3. The molecule has 2 N–H and O–H groups in total. The molecule has 0 atom stereocenters. The van der Waals surface area contributed by atoms with E-state index in [4.69, 9.17) is 0 Å². The van der Waals surface area contributed by atoms with E-state index in [0.717, 1.165) is 12.3 Å².